The van der Waals surface area contributed by atoms with Crippen LogP contribution in [0.5, 0.6) is 5.75 Å². The molecule has 0 heterocycles. The minimum atomic E-state index is -2.35. The summed E-state index contributed by atoms with van der Waals surface area (Å²) in [4.78, 5) is 11.6. The van der Waals surface area contributed by atoms with Gasteiger partial charge < -0.3 is 52.1 Å². The molecular formula is C29H44ClF5O12. The van der Waals surface area contributed by atoms with Crippen LogP contribution < -0.4 is 4.74 Å². The zero-order chi connectivity index (χ0) is 34.4. The van der Waals surface area contributed by atoms with Gasteiger partial charge in [0.05, 0.1) is 139 Å². The molecule has 1 aromatic rings. The van der Waals surface area contributed by atoms with E-state index in [1.54, 1.807) is 0 Å². The van der Waals surface area contributed by atoms with Crippen LogP contribution in [0.25, 0.3) is 0 Å². The first-order valence-corrected chi connectivity index (χ1v) is 15.5. The number of esters is 1. The number of ether oxygens (including phenoxy) is 11. The third-order valence-corrected chi connectivity index (χ3v) is 5.56. The average molecular weight is 715 g/mol. The Hall–Kier alpha value is -1.77. The largest absolute Gasteiger partial charge is 0.420 e. The van der Waals surface area contributed by atoms with Crippen LogP contribution in [0.4, 0.5) is 22.0 Å². The number of carbonyl (C=O) groups excluding carboxylic acids is 1. The fourth-order valence-electron chi connectivity index (χ4n) is 3.13. The predicted octanol–water partition coefficient (Wildman–Crippen LogP) is 3.08. The predicted molar refractivity (Wildman–Crippen MR) is 155 cm³/mol. The number of halogens is 6. The first-order valence-electron chi connectivity index (χ1n) is 15.0. The lowest BCUT2D eigenvalue weighted by Crippen LogP contribution is -2.16. The van der Waals surface area contributed by atoms with Gasteiger partial charge in [0, 0.05) is 5.88 Å². The van der Waals surface area contributed by atoms with E-state index in [0.29, 0.717) is 112 Å². The zero-order valence-electron chi connectivity index (χ0n) is 26.2. The van der Waals surface area contributed by atoms with E-state index >= 15 is 0 Å². The Kier molecular flexibility index (Phi) is 27.9. The van der Waals surface area contributed by atoms with Gasteiger partial charge in [-0.05, 0) is 0 Å². The van der Waals surface area contributed by atoms with Crippen molar-refractivity contribution in [2.45, 2.75) is 6.42 Å². The van der Waals surface area contributed by atoms with Gasteiger partial charge in [-0.25, -0.2) is 13.2 Å². The molecule has 0 unspecified atom stereocenters. The summed E-state index contributed by atoms with van der Waals surface area (Å²) in [6.45, 7) is 7.44. The van der Waals surface area contributed by atoms with Crippen LogP contribution in [0, 0.1) is 29.1 Å². The van der Waals surface area contributed by atoms with E-state index in [4.69, 9.17) is 59.0 Å². The van der Waals surface area contributed by atoms with Crippen molar-refractivity contribution in [3.63, 3.8) is 0 Å². The molecule has 0 aliphatic carbocycles. The molecule has 0 saturated heterocycles. The number of hydrogen-bond donors (Lipinski definition) is 0. The van der Waals surface area contributed by atoms with E-state index < -0.39 is 47.2 Å². The maximum absolute atomic E-state index is 13.5. The summed E-state index contributed by atoms with van der Waals surface area (Å²) in [5.41, 5.74) is 0. The van der Waals surface area contributed by atoms with Gasteiger partial charge in [-0.1, -0.05) is 0 Å². The van der Waals surface area contributed by atoms with E-state index in [0.717, 1.165) is 0 Å². The van der Waals surface area contributed by atoms with Gasteiger partial charge in [0.2, 0.25) is 34.8 Å². The highest BCUT2D eigenvalue weighted by atomic mass is 35.5. The highest BCUT2D eigenvalue weighted by Gasteiger charge is 2.28. The molecule has 0 saturated carbocycles. The van der Waals surface area contributed by atoms with Gasteiger partial charge in [0.1, 0.15) is 0 Å². The van der Waals surface area contributed by atoms with Crippen molar-refractivity contribution in [1.29, 1.82) is 0 Å². The van der Waals surface area contributed by atoms with Gasteiger partial charge in [-0.15, -0.1) is 11.6 Å². The lowest BCUT2D eigenvalue weighted by atomic mass is 10.2. The van der Waals surface area contributed by atoms with Gasteiger partial charge in [-0.2, -0.15) is 8.78 Å². The van der Waals surface area contributed by atoms with Crippen LogP contribution in [-0.2, 0) is 52.2 Å². The first kappa shape index (κ1) is 43.3. The minimum absolute atomic E-state index is 0.0813. The van der Waals surface area contributed by atoms with E-state index in [2.05, 4.69) is 4.74 Å². The maximum Gasteiger partial charge on any atom is 0.313 e. The Bertz CT molecular complexity index is 909. The van der Waals surface area contributed by atoms with Crippen molar-refractivity contribution in [2.24, 2.45) is 0 Å². The third kappa shape index (κ3) is 22.5. The molecule has 0 aliphatic rings. The summed E-state index contributed by atoms with van der Waals surface area (Å²) in [6, 6.07) is 0. The van der Waals surface area contributed by atoms with Crippen LogP contribution >= 0.6 is 11.6 Å². The minimum Gasteiger partial charge on any atom is -0.420 e. The smallest absolute Gasteiger partial charge is 0.313 e. The van der Waals surface area contributed by atoms with Crippen molar-refractivity contribution in [3.8, 4) is 5.75 Å². The van der Waals surface area contributed by atoms with Crippen LogP contribution in [0.1, 0.15) is 6.42 Å². The molecule has 0 bridgehead atoms. The molecule has 0 spiro atoms. The molecule has 1 rings (SSSR count). The quantitative estimate of drug-likeness (QED) is 0.0203. The molecule has 0 aliphatic heterocycles. The van der Waals surface area contributed by atoms with Gasteiger partial charge in [-0.3, -0.25) is 4.79 Å². The molecule has 12 nitrogen and oxygen atoms in total. The Balaban J connectivity index is 1.76. The van der Waals surface area contributed by atoms with Crippen molar-refractivity contribution < 1.29 is 78.9 Å². The molecular weight excluding hydrogens is 671 g/mol. The summed E-state index contributed by atoms with van der Waals surface area (Å²) in [6.07, 6.45) is -0.486. The number of carbonyl (C=O) groups is 1. The van der Waals surface area contributed by atoms with E-state index in [9.17, 15) is 26.7 Å². The van der Waals surface area contributed by atoms with Crippen LogP contribution in [-0.4, -0.2) is 144 Å². The van der Waals surface area contributed by atoms with E-state index in [-0.39, 0.29) is 26.4 Å². The number of hydrogen-bond acceptors (Lipinski definition) is 12. The number of alkyl halides is 1. The summed E-state index contributed by atoms with van der Waals surface area (Å²) in [5.74, 6) is -13.7. The summed E-state index contributed by atoms with van der Waals surface area (Å²) >= 11 is 5.49. The second kappa shape index (κ2) is 30.3. The zero-order valence-corrected chi connectivity index (χ0v) is 27.0. The lowest BCUT2D eigenvalue weighted by Gasteiger charge is -2.09. The Morgan fingerprint density at radius 1 is 0.383 bits per heavy atom. The van der Waals surface area contributed by atoms with E-state index in [1.165, 1.54) is 0 Å². The van der Waals surface area contributed by atoms with Gasteiger partial charge in [0.15, 0.2) is 0 Å². The standard InChI is InChI=1S/C29H44ClF5O12/c30-2-4-38-6-8-40-10-12-42-14-16-44-18-20-46-22-21-45-19-17-43-15-13-41-11-9-39-7-5-37-3-1-23(36)47-29-27(34)25(32)24(31)26(33)28(29)35/h1-22H2. The molecule has 0 aromatic heterocycles. The number of benzene rings is 1. The summed E-state index contributed by atoms with van der Waals surface area (Å²) < 4.78 is 124. The highest BCUT2D eigenvalue weighted by molar-refractivity contribution is 6.17. The van der Waals surface area contributed by atoms with Crippen LogP contribution in [0.2, 0.25) is 0 Å². The van der Waals surface area contributed by atoms with E-state index in [1.807, 2.05) is 0 Å². The Labute approximate surface area is 275 Å². The van der Waals surface area contributed by atoms with Crippen molar-refractivity contribution in [3.05, 3.63) is 29.1 Å². The maximum atomic E-state index is 13.5. The SMILES string of the molecule is O=C(CCOCCOCCOCCOCCOCCOCCOCCOCCOCCOCCCl)Oc1c(F)c(F)c(F)c(F)c1F. The first-order chi connectivity index (χ1) is 22.9. The third-order valence-electron chi connectivity index (χ3n) is 5.41. The fourth-order valence-corrected chi connectivity index (χ4v) is 3.24. The molecule has 0 radical (unpaired) electrons. The highest BCUT2D eigenvalue weighted by Crippen LogP contribution is 2.29. The summed E-state index contributed by atoms with van der Waals surface area (Å²) in [5, 5.41) is 0. The molecule has 47 heavy (non-hydrogen) atoms. The van der Waals surface area contributed by atoms with Crippen molar-refractivity contribution in [2.75, 3.05) is 138 Å². The number of rotatable bonds is 33. The molecule has 0 atom stereocenters. The Morgan fingerprint density at radius 2 is 0.617 bits per heavy atom. The second-order valence-electron chi connectivity index (χ2n) is 8.94. The van der Waals surface area contributed by atoms with Crippen LogP contribution in [0.15, 0.2) is 0 Å². The summed E-state index contributed by atoms with van der Waals surface area (Å²) in [7, 11) is 0. The second-order valence-corrected chi connectivity index (χ2v) is 9.31. The van der Waals surface area contributed by atoms with Crippen LogP contribution in [0.3, 0.4) is 0 Å². The molecule has 0 N–H and O–H groups in total. The normalized spacial score (nSPS) is 11.4. The van der Waals surface area contributed by atoms with Gasteiger partial charge >= 0.3 is 5.97 Å². The molecule has 0 amide bonds. The molecule has 18 heteroatoms. The molecule has 274 valence electrons. The van der Waals surface area contributed by atoms with Gasteiger partial charge in [0.25, 0.3) is 0 Å². The Morgan fingerprint density at radius 3 is 0.894 bits per heavy atom. The molecule has 0 fully saturated rings. The fraction of sp³-hybridized carbons (Fsp3) is 0.759. The van der Waals surface area contributed by atoms with Crippen molar-refractivity contribution >= 4 is 17.6 Å². The lowest BCUT2D eigenvalue weighted by molar-refractivity contribution is -0.136. The topological polar surface area (TPSA) is 119 Å². The monoisotopic (exact) mass is 714 g/mol. The van der Waals surface area contributed by atoms with Crippen molar-refractivity contribution in [1.82, 2.24) is 0 Å². The average Bonchev–Trinajstić information content (AvgIpc) is 3.07. The molecule has 1 aromatic carbocycles.